The molecule has 0 fully saturated rings. The van der Waals surface area contributed by atoms with Gasteiger partial charge in [0.2, 0.25) is 10.0 Å². The third-order valence-electron chi connectivity index (χ3n) is 1.97. The number of carbonyl (C=O) groups is 1. The van der Waals surface area contributed by atoms with Gasteiger partial charge in [-0.3, -0.25) is 0 Å². The Kier molecular flexibility index (Phi) is 2.98. The molecule has 0 amide bonds. The van der Waals surface area contributed by atoms with Crippen molar-refractivity contribution in [2.24, 2.45) is 5.14 Å². The van der Waals surface area contributed by atoms with Crippen molar-refractivity contribution in [3.8, 4) is 6.07 Å². The van der Waals surface area contributed by atoms with E-state index in [1.165, 1.54) is 13.0 Å². The molecule has 0 aliphatic heterocycles. The Balaban J connectivity index is 3.67. The number of nitrogens with zero attached hydrogens (tertiary/aromatic N) is 1. The molecule has 0 radical (unpaired) electrons. The van der Waals surface area contributed by atoms with Gasteiger partial charge >= 0.3 is 5.97 Å². The number of hydrogen-bond acceptors (Lipinski definition) is 4. The van der Waals surface area contributed by atoms with Gasteiger partial charge in [-0.2, -0.15) is 5.26 Å². The van der Waals surface area contributed by atoms with Gasteiger partial charge in [-0.05, 0) is 24.6 Å². The summed E-state index contributed by atoms with van der Waals surface area (Å²) in [6, 6.07) is 3.76. The number of nitrogens with two attached hydrogens (primary N) is 1. The van der Waals surface area contributed by atoms with E-state index in [1.54, 1.807) is 6.07 Å². The minimum atomic E-state index is -3.99. The van der Waals surface area contributed by atoms with Crippen LogP contribution in [-0.4, -0.2) is 19.5 Å². The molecule has 0 aliphatic carbocycles. The van der Waals surface area contributed by atoms with Crippen LogP contribution in [0.15, 0.2) is 17.0 Å². The number of rotatable bonds is 2. The number of aromatic carboxylic acids is 1. The highest BCUT2D eigenvalue weighted by atomic mass is 32.2. The van der Waals surface area contributed by atoms with E-state index in [-0.39, 0.29) is 21.6 Å². The molecule has 3 N–H and O–H groups in total. The molecule has 0 unspecified atom stereocenters. The predicted octanol–water partition coefficient (Wildman–Crippen LogP) is 0.212. The van der Waals surface area contributed by atoms with Crippen LogP contribution in [0.1, 0.15) is 21.5 Å². The molecule has 1 aromatic rings. The summed E-state index contributed by atoms with van der Waals surface area (Å²) >= 11 is 0. The highest BCUT2D eigenvalue weighted by molar-refractivity contribution is 7.89. The SMILES string of the molecule is Cc1cc(C#N)c(C(=O)O)cc1S(N)(=O)=O. The van der Waals surface area contributed by atoms with Crippen molar-refractivity contribution >= 4 is 16.0 Å². The fraction of sp³-hybridized carbons (Fsp3) is 0.111. The zero-order chi connectivity index (χ0) is 12.5. The average molecular weight is 240 g/mol. The molecule has 0 saturated carbocycles. The van der Waals surface area contributed by atoms with Crippen molar-refractivity contribution in [2.45, 2.75) is 11.8 Å². The number of hydrogen-bond donors (Lipinski definition) is 2. The molecule has 7 heteroatoms. The first kappa shape index (κ1) is 12.2. The second-order valence-electron chi connectivity index (χ2n) is 3.13. The Morgan fingerprint density at radius 1 is 1.50 bits per heavy atom. The molecule has 0 saturated heterocycles. The largest absolute Gasteiger partial charge is 0.478 e. The van der Waals surface area contributed by atoms with E-state index in [9.17, 15) is 13.2 Å². The molecule has 0 heterocycles. The lowest BCUT2D eigenvalue weighted by Gasteiger charge is -2.06. The average Bonchev–Trinajstić information content (AvgIpc) is 2.14. The Labute approximate surface area is 92.0 Å². The summed E-state index contributed by atoms with van der Waals surface area (Å²) in [6.45, 7) is 1.44. The van der Waals surface area contributed by atoms with Gasteiger partial charge in [0, 0.05) is 0 Å². The lowest BCUT2D eigenvalue weighted by atomic mass is 10.1. The Morgan fingerprint density at radius 2 is 2.06 bits per heavy atom. The second-order valence-corrected chi connectivity index (χ2v) is 4.66. The van der Waals surface area contributed by atoms with E-state index in [0.717, 1.165) is 6.07 Å². The summed E-state index contributed by atoms with van der Waals surface area (Å²) in [5.41, 5.74) is -0.237. The fourth-order valence-electron chi connectivity index (χ4n) is 1.26. The molecule has 0 spiro atoms. The van der Waals surface area contributed by atoms with Crippen LogP contribution in [0.5, 0.6) is 0 Å². The van der Waals surface area contributed by atoms with Crippen LogP contribution in [0, 0.1) is 18.3 Å². The van der Waals surface area contributed by atoms with Gasteiger partial charge in [-0.15, -0.1) is 0 Å². The summed E-state index contributed by atoms with van der Waals surface area (Å²) in [5.74, 6) is -1.37. The van der Waals surface area contributed by atoms with Gasteiger partial charge in [0.05, 0.1) is 16.0 Å². The fourth-order valence-corrected chi connectivity index (χ4v) is 2.05. The molecule has 1 rings (SSSR count). The predicted molar refractivity (Wildman–Crippen MR) is 54.2 cm³/mol. The lowest BCUT2D eigenvalue weighted by molar-refractivity contribution is 0.0696. The zero-order valence-corrected chi connectivity index (χ0v) is 9.08. The molecule has 0 atom stereocenters. The summed E-state index contributed by atoms with van der Waals surface area (Å²) in [5, 5.41) is 22.4. The van der Waals surface area contributed by atoms with Crippen molar-refractivity contribution in [3.05, 3.63) is 28.8 Å². The van der Waals surface area contributed by atoms with E-state index in [0.29, 0.717) is 0 Å². The van der Waals surface area contributed by atoms with E-state index >= 15 is 0 Å². The van der Waals surface area contributed by atoms with Gasteiger partial charge in [-0.25, -0.2) is 18.4 Å². The highest BCUT2D eigenvalue weighted by Gasteiger charge is 2.18. The van der Waals surface area contributed by atoms with Crippen LogP contribution in [0.3, 0.4) is 0 Å². The summed E-state index contributed by atoms with van der Waals surface area (Å²) in [4.78, 5) is 10.5. The maximum atomic E-state index is 11.1. The van der Waals surface area contributed by atoms with Gasteiger partial charge in [-0.1, -0.05) is 0 Å². The van der Waals surface area contributed by atoms with E-state index in [2.05, 4.69) is 0 Å². The third-order valence-corrected chi connectivity index (χ3v) is 3.03. The normalized spacial score (nSPS) is 10.8. The lowest BCUT2D eigenvalue weighted by Crippen LogP contribution is -2.15. The number of sulfonamides is 1. The maximum Gasteiger partial charge on any atom is 0.337 e. The number of nitriles is 1. The minimum Gasteiger partial charge on any atom is -0.478 e. The summed E-state index contributed by atoms with van der Waals surface area (Å²) < 4.78 is 22.3. The number of carboxylic acids is 1. The summed E-state index contributed by atoms with van der Waals surface area (Å²) in [7, 11) is -3.99. The van der Waals surface area contributed by atoms with Crippen LogP contribution in [0.2, 0.25) is 0 Å². The summed E-state index contributed by atoms with van der Waals surface area (Å²) in [6.07, 6.45) is 0. The zero-order valence-electron chi connectivity index (χ0n) is 8.26. The molecule has 0 aromatic heterocycles. The van der Waals surface area contributed by atoms with Crippen LogP contribution < -0.4 is 5.14 Å². The van der Waals surface area contributed by atoms with Gasteiger partial charge in [0.25, 0.3) is 0 Å². The van der Waals surface area contributed by atoms with Crippen molar-refractivity contribution in [1.82, 2.24) is 0 Å². The first-order chi connectivity index (χ1) is 7.27. The Bertz CT molecular complexity index is 599. The van der Waals surface area contributed by atoms with Crippen LogP contribution >= 0.6 is 0 Å². The standard InChI is InChI=1S/C9H8N2O4S/c1-5-2-6(4-10)7(9(12)13)3-8(5)16(11,14)15/h2-3H,1H3,(H,12,13)(H2,11,14,15). The van der Waals surface area contributed by atoms with Crippen LogP contribution in [0.4, 0.5) is 0 Å². The van der Waals surface area contributed by atoms with Crippen molar-refractivity contribution in [1.29, 1.82) is 5.26 Å². The number of carboxylic acid groups (broad SMARTS) is 1. The number of primary sulfonamides is 1. The second kappa shape index (κ2) is 3.92. The van der Waals surface area contributed by atoms with Crippen molar-refractivity contribution in [3.63, 3.8) is 0 Å². The van der Waals surface area contributed by atoms with Crippen LogP contribution in [0.25, 0.3) is 0 Å². The smallest absolute Gasteiger partial charge is 0.337 e. The van der Waals surface area contributed by atoms with E-state index < -0.39 is 16.0 Å². The van der Waals surface area contributed by atoms with Crippen molar-refractivity contribution in [2.75, 3.05) is 0 Å². The number of aryl methyl sites for hydroxylation is 1. The quantitative estimate of drug-likeness (QED) is 0.765. The third kappa shape index (κ3) is 2.18. The molecule has 1 aromatic carbocycles. The molecular weight excluding hydrogens is 232 g/mol. The van der Waals surface area contributed by atoms with Gasteiger partial charge in [0.15, 0.2) is 0 Å². The van der Waals surface area contributed by atoms with Gasteiger partial charge < -0.3 is 5.11 Å². The van der Waals surface area contributed by atoms with Crippen molar-refractivity contribution < 1.29 is 18.3 Å². The minimum absolute atomic E-state index is 0.0996. The van der Waals surface area contributed by atoms with E-state index in [4.69, 9.17) is 15.5 Å². The van der Waals surface area contributed by atoms with Gasteiger partial charge in [0.1, 0.15) is 6.07 Å². The molecular formula is C9H8N2O4S. The molecule has 16 heavy (non-hydrogen) atoms. The topological polar surface area (TPSA) is 121 Å². The highest BCUT2D eigenvalue weighted by Crippen LogP contribution is 2.19. The number of benzene rings is 1. The van der Waals surface area contributed by atoms with E-state index in [1.807, 2.05) is 0 Å². The molecule has 0 bridgehead atoms. The maximum absolute atomic E-state index is 11.1. The first-order valence-electron chi connectivity index (χ1n) is 4.08. The first-order valence-corrected chi connectivity index (χ1v) is 5.63. The molecule has 6 nitrogen and oxygen atoms in total. The monoisotopic (exact) mass is 240 g/mol. The van der Waals surface area contributed by atoms with Crippen LogP contribution in [-0.2, 0) is 10.0 Å². The Morgan fingerprint density at radius 3 is 2.44 bits per heavy atom. The molecule has 84 valence electrons. The Hall–Kier alpha value is -1.91. The molecule has 0 aliphatic rings.